The largest absolute Gasteiger partial charge is 0.457 e. The van der Waals surface area contributed by atoms with Crippen molar-refractivity contribution in [3.05, 3.63) is 293 Å². The van der Waals surface area contributed by atoms with E-state index in [0.717, 1.165) is 78.6 Å². The molecule has 328 valence electrons. The van der Waals surface area contributed by atoms with Crippen LogP contribution in [0.4, 0.5) is 5.69 Å². The lowest BCUT2D eigenvalue weighted by atomic mass is 9.51. The molecule has 0 fully saturated rings. The summed E-state index contributed by atoms with van der Waals surface area (Å²) in [5, 5.41) is 0. The quantitative estimate of drug-likeness (QED) is 0.175. The van der Waals surface area contributed by atoms with Gasteiger partial charge in [-0.1, -0.05) is 200 Å². The molecule has 0 radical (unpaired) electrons. The van der Waals surface area contributed by atoms with Crippen LogP contribution in [0.5, 0.6) is 11.5 Å². The van der Waals surface area contributed by atoms with Crippen LogP contribution in [0.25, 0.3) is 67.3 Å². The van der Waals surface area contributed by atoms with Crippen molar-refractivity contribution >= 4 is 5.69 Å². The zero-order chi connectivity index (χ0) is 46.4. The molecule has 1 aromatic heterocycles. The zero-order valence-electron chi connectivity index (χ0n) is 38.1. The standard InChI is InChI=1S/C66H43N3O/c67-49-24-16-21-45(39-49)43-19-14-22-47(37-43)60-41-61(69-64(68-60)42-17-2-1-3-18-42)48-23-15-20-44(38-48)46-35-36-63-59(40-46)66(58-33-12-13-34-62(58)70-63)56-31-10-8-29-54(56)65(55-30-9-11-32-57(55)66)52-27-6-4-25-50(52)51-26-5-7-28-53(51)65/h1-41H,67H2. The van der Waals surface area contributed by atoms with E-state index in [4.69, 9.17) is 20.4 Å². The molecule has 4 heteroatoms. The molecule has 0 saturated heterocycles. The van der Waals surface area contributed by atoms with Gasteiger partial charge in [-0.05, 0) is 115 Å². The molecule has 0 bridgehead atoms. The number of nitrogen functional groups attached to an aromatic ring is 1. The highest BCUT2D eigenvalue weighted by Gasteiger charge is 2.58. The first kappa shape index (κ1) is 40.0. The van der Waals surface area contributed by atoms with E-state index >= 15 is 0 Å². The van der Waals surface area contributed by atoms with E-state index in [1.165, 1.54) is 44.5 Å². The summed E-state index contributed by atoms with van der Waals surface area (Å²) in [6.45, 7) is 0. The smallest absolute Gasteiger partial charge is 0.160 e. The number of hydrogen-bond donors (Lipinski definition) is 1. The second kappa shape index (κ2) is 15.5. The van der Waals surface area contributed by atoms with E-state index in [0.29, 0.717) is 5.82 Å². The molecule has 0 atom stereocenters. The SMILES string of the molecule is Nc1cccc(-c2cccc(-c3cc(-c4cccc(-c5ccc6c(c5)C5(c7ccccc7O6)c6ccccc6C6(c7ccccc7-c7ccccc76)c6ccccc65)c4)nc(-c4ccccc4)n3)c2)c1. The van der Waals surface area contributed by atoms with E-state index in [9.17, 15) is 0 Å². The predicted octanol–water partition coefficient (Wildman–Crippen LogP) is 15.6. The summed E-state index contributed by atoms with van der Waals surface area (Å²) in [5.41, 5.74) is 27.1. The highest BCUT2D eigenvalue weighted by atomic mass is 16.5. The van der Waals surface area contributed by atoms with Gasteiger partial charge in [0.25, 0.3) is 0 Å². The number of rotatable bonds is 5. The van der Waals surface area contributed by atoms with Crippen molar-refractivity contribution in [2.75, 3.05) is 5.73 Å². The van der Waals surface area contributed by atoms with Crippen LogP contribution in [-0.2, 0) is 10.8 Å². The molecule has 14 rings (SSSR count). The van der Waals surface area contributed by atoms with Gasteiger partial charge in [0.2, 0.25) is 0 Å². The number of anilines is 1. The van der Waals surface area contributed by atoms with E-state index in [1.54, 1.807) is 0 Å². The van der Waals surface area contributed by atoms with Gasteiger partial charge in [0.15, 0.2) is 5.82 Å². The second-order valence-corrected chi connectivity index (χ2v) is 18.6. The first-order chi connectivity index (χ1) is 34.6. The minimum absolute atomic E-state index is 0.531. The number of aromatic nitrogens is 2. The Hall–Kier alpha value is -9.12. The molecule has 0 unspecified atom stereocenters. The van der Waals surface area contributed by atoms with Crippen LogP contribution in [0.3, 0.4) is 0 Å². The van der Waals surface area contributed by atoms with Gasteiger partial charge in [-0.25, -0.2) is 9.97 Å². The van der Waals surface area contributed by atoms with Gasteiger partial charge in [-0.3, -0.25) is 0 Å². The summed E-state index contributed by atoms with van der Waals surface area (Å²) < 4.78 is 6.98. The summed E-state index contributed by atoms with van der Waals surface area (Å²) in [6, 6.07) is 89.4. The van der Waals surface area contributed by atoms with Gasteiger partial charge in [0.1, 0.15) is 11.5 Å². The summed E-state index contributed by atoms with van der Waals surface area (Å²) in [7, 11) is 0. The summed E-state index contributed by atoms with van der Waals surface area (Å²) in [5.74, 6) is 2.38. The Kier molecular flexibility index (Phi) is 8.83. The average Bonchev–Trinajstić information content (AvgIpc) is 3.73. The number of benzene rings is 10. The number of fused-ring (bicyclic) bond motifs is 15. The van der Waals surface area contributed by atoms with Crippen molar-refractivity contribution in [1.29, 1.82) is 0 Å². The normalized spacial score (nSPS) is 13.8. The predicted molar refractivity (Wildman–Crippen MR) is 283 cm³/mol. The highest BCUT2D eigenvalue weighted by Crippen LogP contribution is 2.67. The summed E-state index contributed by atoms with van der Waals surface area (Å²) >= 11 is 0. The van der Waals surface area contributed by atoms with Gasteiger partial charge in [-0.2, -0.15) is 0 Å². The Morgan fingerprint density at radius 3 is 1.27 bits per heavy atom. The number of para-hydroxylation sites is 1. The molecule has 3 aliphatic rings. The van der Waals surface area contributed by atoms with E-state index < -0.39 is 10.8 Å². The van der Waals surface area contributed by atoms with Crippen molar-refractivity contribution in [3.63, 3.8) is 0 Å². The zero-order valence-corrected chi connectivity index (χ0v) is 38.1. The third-order valence-corrected chi connectivity index (χ3v) is 14.9. The molecule has 0 amide bonds. The molecule has 2 spiro atoms. The van der Waals surface area contributed by atoms with Crippen LogP contribution in [0.1, 0.15) is 44.5 Å². The lowest BCUT2D eigenvalue weighted by Gasteiger charge is -2.51. The van der Waals surface area contributed by atoms with E-state index in [-0.39, 0.29) is 0 Å². The molecular weight excluding hydrogens is 851 g/mol. The molecular formula is C66H43N3O. The fourth-order valence-corrected chi connectivity index (χ4v) is 12.1. The van der Waals surface area contributed by atoms with Crippen molar-refractivity contribution in [3.8, 4) is 78.8 Å². The van der Waals surface area contributed by atoms with Crippen molar-refractivity contribution in [2.45, 2.75) is 10.8 Å². The number of nitrogens with zero attached hydrogens (tertiary/aromatic N) is 2. The maximum atomic E-state index is 6.98. The van der Waals surface area contributed by atoms with E-state index in [2.05, 4.69) is 212 Å². The third kappa shape index (κ3) is 5.77. The number of hydrogen-bond acceptors (Lipinski definition) is 4. The van der Waals surface area contributed by atoms with Crippen LogP contribution in [0.15, 0.2) is 249 Å². The Balaban J connectivity index is 0.961. The molecule has 2 heterocycles. The van der Waals surface area contributed by atoms with Crippen LogP contribution in [0.2, 0.25) is 0 Å². The van der Waals surface area contributed by atoms with Crippen LogP contribution >= 0.6 is 0 Å². The Morgan fingerprint density at radius 2 is 0.700 bits per heavy atom. The lowest BCUT2D eigenvalue weighted by Crippen LogP contribution is -2.45. The molecule has 10 aromatic carbocycles. The summed E-state index contributed by atoms with van der Waals surface area (Å²) in [6.07, 6.45) is 0. The fraction of sp³-hybridized carbons (Fsp3) is 0.0303. The Bertz CT molecular complexity index is 3810. The van der Waals surface area contributed by atoms with Gasteiger partial charge >= 0.3 is 0 Å². The van der Waals surface area contributed by atoms with Crippen molar-refractivity contribution in [1.82, 2.24) is 9.97 Å². The molecule has 1 aliphatic heterocycles. The molecule has 70 heavy (non-hydrogen) atoms. The second-order valence-electron chi connectivity index (χ2n) is 18.6. The average molecular weight is 894 g/mol. The minimum atomic E-state index is -0.713. The van der Waals surface area contributed by atoms with Gasteiger partial charge in [0.05, 0.1) is 22.2 Å². The molecule has 4 nitrogen and oxygen atoms in total. The third-order valence-electron chi connectivity index (χ3n) is 14.9. The highest BCUT2D eigenvalue weighted by molar-refractivity contribution is 5.91. The van der Waals surface area contributed by atoms with Crippen LogP contribution in [-0.4, -0.2) is 9.97 Å². The lowest BCUT2D eigenvalue weighted by molar-refractivity contribution is 0.429. The van der Waals surface area contributed by atoms with Gasteiger partial charge < -0.3 is 10.5 Å². The fourth-order valence-electron chi connectivity index (χ4n) is 12.1. The topological polar surface area (TPSA) is 61.0 Å². The van der Waals surface area contributed by atoms with Gasteiger partial charge in [0, 0.05) is 33.5 Å². The number of nitrogens with two attached hydrogens (primary N) is 1. The maximum Gasteiger partial charge on any atom is 0.160 e. The maximum absolute atomic E-state index is 6.98. The van der Waals surface area contributed by atoms with Crippen molar-refractivity contribution < 1.29 is 4.74 Å². The van der Waals surface area contributed by atoms with Crippen molar-refractivity contribution in [2.24, 2.45) is 0 Å². The van der Waals surface area contributed by atoms with Crippen LogP contribution in [0, 0.1) is 0 Å². The summed E-state index contributed by atoms with van der Waals surface area (Å²) in [4.78, 5) is 10.4. The monoisotopic (exact) mass is 893 g/mol. The Labute approximate surface area is 407 Å². The van der Waals surface area contributed by atoms with Crippen LogP contribution < -0.4 is 10.5 Å². The first-order valence-electron chi connectivity index (χ1n) is 23.9. The first-order valence-corrected chi connectivity index (χ1v) is 23.9. The number of ether oxygens (including phenoxy) is 1. The molecule has 2 aliphatic carbocycles. The molecule has 11 aromatic rings. The minimum Gasteiger partial charge on any atom is -0.457 e. The van der Waals surface area contributed by atoms with E-state index in [1.807, 2.05) is 36.4 Å². The molecule has 2 N–H and O–H groups in total. The van der Waals surface area contributed by atoms with Gasteiger partial charge in [-0.15, -0.1) is 0 Å². The Morgan fingerprint density at radius 1 is 0.286 bits per heavy atom. The molecule has 0 saturated carbocycles.